The van der Waals surface area contributed by atoms with Crippen LogP contribution in [0.3, 0.4) is 0 Å². The van der Waals surface area contributed by atoms with Gasteiger partial charge in [-0.05, 0) is 68.3 Å². The number of hydrogen-bond donors (Lipinski definition) is 1. The molecule has 0 unspecified atom stereocenters. The van der Waals surface area contributed by atoms with Crippen LogP contribution in [0.15, 0.2) is 34.2 Å². The lowest BCUT2D eigenvalue weighted by atomic mass is 10.2. The Bertz CT molecular complexity index is 1000. The lowest BCUT2D eigenvalue weighted by Crippen LogP contribution is -2.19. The number of nitrogens with one attached hydrogen (secondary N) is 1. The maximum Gasteiger partial charge on any atom is 0.264 e. The molecule has 2 fully saturated rings. The van der Waals surface area contributed by atoms with E-state index in [-0.39, 0.29) is 5.91 Å². The normalized spacial score (nSPS) is 20.5. The number of aliphatic imine (C=N–C) groups is 1. The summed E-state index contributed by atoms with van der Waals surface area (Å²) in [5.74, 6) is -0.146. The van der Waals surface area contributed by atoms with Crippen molar-refractivity contribution < 1.29 is 4.79 Å². The molecule has 28 heavy (non-hydrogen) atoms. The highest BCUT2D eigenvalue weighted by molar-refractivity contribution is 8.18. The first kappa shape index (κ1) is 19.6. The quantitative estimate of drug-likeness (QED) is 0.567. The summed E-state index contributed by atoms with van der Waals surface area (Å²) in [5, 5.41) is 4.13. The van der Waals surface area contributed by atoms with Crippen LogP contribution in [0.4, 0.5) is 5.69 Å². The molecule has 1 saturated heterocycles. The molecule has 4 nitrogen and oxygen atoms in total. The van der Waals surface area contributed by atoms with E-state index in [0.29, 0.717) is 31.8 Å². The van der Waals surface area contributed by atoms with Gasteiger partial charge in [-0.1, -0.05) is 42.1 Å². The number of rotatable bonds is 3. The summed E-state index contributed by atoms with van der Waals surface area (Å²) in [6, 6.07) is 8.00. The van der Waals surface area contributed by atoms with Gasteiger partial charge in [0.1, 0.15) is 0 Å². The molecule has 1 aromatic heterocycles. The molecule has 1 aromatic carbocycles. The molecule has 7 heteroatoms. The zero-order valence-electron chi connectivity index (χ0n) is 15.8. The van der Waals surface area contributed by atoms with Crippen molar-refractivity contribution in [3.05, 3.63) is 56.2 Å². The third kappa shape index (κ3) is 3.76. The molecule has 1 N–H and O–H groups in total. The van der Waals surface area contributed by atoms with Crippen LogP contribution < -0.4 is 5.32 Å². The molecule has 2 aliphatic rings. The molecular formula is C21H21Cl2N3OS. The molecule has 0 spiro atoms. The van der Waals surface area contributed by atoms with E-state index in [9.17, 15) is 4.79 Å². The number of aromatic nitrogens is 1. The summed E-state index contributed by atoms with van der Waals surface area (Å²) in [6.45, 7) is 4.28. The topological polar surface area (TPSA) is 46.4 Å². The largest absolute Gasteiger partial charge is 0.346 e. The minimum atomic E-state index is -0.146. The number of aryl methyl sites for hydroxylation is 1. The summed E-state index contributed by atoms with van der Waals surface area (Å²) in [7, 11) is 0. The van der Waals surface area contributed by atoms with E-state index < -0.39 is 0 Å². The fourth-order valence-electron chi connectivity index (χ4n) is 3.98. The number of carbonyl (C=O) groups is 1. The van der Waals surface area contributed by atoms with Gasteiger partial charge in [0.2, 0.25) is 0 Å². The van der Waals surface area contributed by atoms with Gasteiger partial charge in [-0.3, -0.25) is 4.79 Å². The second kappa shape index (κ2) is 7.97. The van der Waals surface area contributed by atoms with Gasteiger partial charge in [0.05, 0.1) is 20.6 Å². The number of thioether (sulfide) groups is 1. The molecule has 0 atom stereocenters. The third-order valence-electron chi connectivity index (χ3n) is 5.30. The predicted octanol–water partition coefficient (Wildman–Crippen LogP) is 6.42. The zero-order valence-corrected chi connectivity index (χ0v) is 18.1. The molecule has 2 heterocycles. The summed E-state index contributed by atoms with van der Waals surface area (Å²) >= 11 is 13.6. The summed E-state index contributed by atoms with van der Waals surface area (Å²) in [4.78, 5) is 17.5. The Morgan fingerprint density at radius 3 is 2.75 bits per heavy atom. The zero-order chi connectivity index (χ0) is 19.8. The van der Waals surface area contributed by atoms with Gasteiger partial charge in [-0.25, -0.2) is 4.99 Å². The van der Waals surface area contributed by atoms with Crippen LogP contribution in [0.5, 0.6) is 0 Å². The third-order valence-corrected chi connectivity index (χ3v) is 7.02. The van der Waals surface area contributed by atoms with Crippen molar-refractivity contribution in [1.29, 1.82) is 0 Å². The molecule has 1 saturated carbocycles. The molecular weight excluding hydrogens is 413 g/mol. The number of nitrogens with zero attached hydrogens (tertiary/aromatic N) is 2. The molecule has 1 amide bonds. The van der Waals surface area contributed by atoms with Gasteiger partial charge in [-0.15, -0.1) is 0 Å². The first-order valence-corrected chi connectivity index (χ1v) is 10.9. The van der Waals surface area contributed by atoms with Gasteiger partial charge in [0, 0.05) is 17.4 Å². The summed E-state index contributed by atoms with van der Waals surface area (Å²) in [5.41, 5.74) is 4.09. The van der Waals surface area contributed by atoms with Gasteiger partial charge < -0.3 is 9.88 Å². The molecule has 146 valence electrons. The number of hydrogen-bond acceptors (Lipinski definition) is 3. The van der Waals surface area contributed by atoms with Crippen LogP contribution in [0.2, 0.25) is 10.0 Å². The monoisotopic (exact) mass is 433 g/mol. The van der Waals surface area contributed by atoms with Crippen LogP contribution in [-0.2, 0) is 4.79 Å². The molecule has 4 rings (SSSR count). The second-order valence-corrected chi connectivity index (χ2v) is 9.01. The maximum atomic E-state index is 12.4. The fraction of sp³-hybridized carbons (Fsp3) is 0.333. The number of halogens is 2. The van der Waals surface area contributed by atoms with E-state index in [1.54, 1.807) is 18.2 Å². The molecule has 0 bridgehead atoms. The lowest BCUT2D eigenvalue weighted by Gasteiger charge is -2.17. The molecule has 1 aliphatic heterocycles. The molecule has 0 radical (unpaired) electrons. The maximum absolute atomic E-state index is 12.4. The minimum absolute atomic E-state index is 0.146. The van der Waals surface area contributed by atoms with E-state index in [2.05, 4.69) is 34.8 Å². The molecule has 1 aliphatic carbocycles. The van der Waals surface area contributed by atoms with Crippen LogP contribution in [-0.4, -0.2) is 15.6 Å². The minimum Gasteiger partial charge on any atom is -0.346 e. The van der Waals surface area contributed by atoms with Crippen molar-refractivity contribution in [2.24, 2.45) is 4.99 Å². The fourth-order valence-corrected chi connectivity index (χ4v) is 5.15. The van der Waals surface area contributed by atoms with Crippen molar-refractivity contribution in [2.75, 3.05) is 0 Å². The summed E-state index contributed by atoms with van der Waals surface area (Å²) in [6.07, 6.45) is 7.01. The van der Waals surface area contributed by atoms with Gasteiger partial charge in [0.25, 0.3) is 5.91 Å². The Morgan fingerprint density at radius 2 is 2.00 bits per heavy atom. The Hall–Kier alpha value is -1.69. The lowest BCUT2D eigenvalue weighted by molar-refractivity contribution is -0.115. The van der Waals surface area contributed by atoms with Gasteiger partial charge in [-0.2, -0.15) is 0 Å². The first-order chi connectivity index (χ1) is 13.4. The Balaban J connectivity index is 1.61. The SMILES string of the molecule is Cc1cc(/C=C2\SC(=Nc3cccc(Cl)c3Cl)NC2=O)c(C)n1C1CCCC1. The van der Waals surface area contributed by atoms with Crippen molar-refractivity contribution in [3.63, 3.8) is 0 Å². The number of amides is 1. The highest BCUT2D eigenvalue weighted by atomic mass is 35.5. The highest BCUT2D eigenvalue weighted by Crippen LogP contribution is 2.36. The van der Waals surface area contributed by atoms with Gasteiger partial charge >= 0.3 is 0 Å². The predicted molar refractivity (Wildman–Crippen MR) is 119 cm³/mol. The van der Waals surface area contributed by atoms with E-state index in [0.717, 1.165) is 5.56 Å². The van der Waals surface area contributed by atoms with Crippen molar-refractivity contribution in [3.8, 4) is 0 Å². The first-order valence-electron chi connectivity index (χ1n) is 9.36. The number of amidine groups is 1. The second-order valence-electron chi connectivity index (χ2n) is 7.19. The smallest absolute Gasteiger partial charge is 0.264 e. The van der Waals surface area contributed by atoms with Crippen LogP contribution in [0.1, 0.15) is 48.7 Å². The van der Waals surface area contributed by atoms with E-state index in [1.165, 1.54) is 48.8 Å². The Labute approximate surface area is 179 Å². The average molecular weight is 434 g/mol. The van der Waals surface area contributed by atoms with Gasteiger partial charge in [0.15, 0.2) is 5.17 Å². The summed E-state index contributed by atoms with van der Waals surface area (Å²) < 4.78 is 2.43. The van der Waals surface area contributed by atoms with E-state index >= 15 is 0 Å². The Kier molecular flexibility index (Phi) is 5.59. The van der Waals surface area contributed by atoms with Crippen LogP contribution in [0, 0.1) is 13.8 Å². The average Bonchev–Trinajstić information content (AvgIpc) is 3.34. The Morgan fingerprint density at radius 1 is 1.25 bits per heavy atom. The van der Waals surface area contributed by atoms with Crippen molar-refractivity contribution in [2.45, 2.75) is 45.6 Å². The standard InChI is InChI=1S/C21H21Cl2N3OS/c1-12-10-14(13(2)26(12)15-6-3-4-7-15)11-18-20(27)25-21(28-18)24-17-9-5-8-16(22)19(17)23/h5,8-11,15H,3-4,6-7H2,1-2H3,(H,24,25,27)/b18-11-. The number of carbonyl (C=O) groups excluding carboxylic acids is 1. The van der Waals surface area contributed by atoms with E-state index in [4.69, 9.17) is 23.2 Å². The van der Waals surface area contributed by atoms with Crippen molar-refractivity contribution in [1.82, 2.24) is 9.88 Å². The molecule has 2 aromatic rings. The highest BCUT2D eigenvalue weighted by Gasteiger charge is 2.26. The van der Waals surface area contributed by atoms with E-state index in [1.807, 2.05) is 6.08 Å². The van der Waals surface area contributed by atoms with Crippen LogP contribution >= 0.6 is 35.0 Å². The number of benzene rings is 1. The van der Waals surface area contributed by atoms with Crippen LogP contribution in [0.25, 0.3) is 6.08 Å². The van der Waals surface area contributed by atoms with Crippen molar-refractivity contribution >= 4 is 57.8 Å².